The Morgan fingerprint density at radius 3 is 2.55 bits per heavy atom. The van der Waals surface area contributed by atoms with Gasteiger partial charge in [0.1, 0.15) is 15.4 Å². The number of benzene rings is 2. The van der Waals surface area contributed by atoms with Gasteiger partial charge >= 0.3 is 0 Å². The monoisotopic (exact) mass is 412 g/mol. The van der Waals surface area contributed by atoms with Crippen LogP contribution in [0.2, 0.25) is 0 Å². The third-order valence-electron chi connectivity index (χ3n) is 2.82. The summed E-state index contributed by atoms with van der Waals surface area (Å²) in [5, 5.41) is 9.97. The third-order valence-corrected chi connectivity index (χ3v) is 5.12. The Kier molecular flexibility index (Phi) is 4.33. The second-order valence-electron chi connectivity index (χ2n) is 4.23. The van der Waals surface area contributed by atoms with Gasteiger partial charge in [-0.1, -0.05) is 53.8 Å². The molecule has 0 aliphatic carbocycles. The fraction of sp³-hybridized carbons (Fsp3) is 0.0667. The van der Waals surface area contributed by atoms with Gasteiger partial charge in [-0.05, 0) is 40.3 Å². The molecule has 0 aliphatic heterocycles. The van der Waals surface area contributed by atoms with Crippen molar-refractivity contribution in [3.63, 3.8) is 0 Å². The second kappa shape index (κ2) is 6.20. The molecule has 20 heavy (non-hydrogen) atoms. The molecule has 2 nitrogen and oxygen atoms in total. The number of hydrogen-bond donors (Lipinski definition) is 0. The molecule has 1 unspecified atom stereocenters. The van der Waals surface area contributed by atoms with Crippen molar-refractivity contribution in [3.05, 3.63) is 68.7 Å². The van der Waals surface area contributed by atoms with Crippen LogP contribution >= 0.6 is 45.5 Å². The van der Waals surface area contributed by atoms with E-state index in [9.17, 15) is 0 Å². The van der Waals surface area contributed by atoms with Crippen molar-refractivity contribution in [1.29, 1.82) is 0 Å². The number of aromatic nitrogens is 2. The predicted molar refractivity (Wildman–Crippen MR) is 92.2 cm³/mol. The number of hydrogen-bond acceptors (Lipinski definition) is 3. The van der Waals surface area contributed by atoms with Crippen molar-refractivity contribution in [2.45, 2.75) is 5.38 Å². The minimum Gasteiger partial charge on any atom is -0.141 e. The quantitative estimate of drug-likeness (QED) is 0.440. The van der Waals surface area contributed by atoms with Crippen LogP contribution in [0.5, 0.6) is 0 Å². The average molecular weight is 413 g/mol. The van der Waals surface area contributed by atoms with E-state index < -0.39 is 0 Å². The Morgan fingerprint density at radius 2 is 1.80 bits per heavy atom. The molecule has 100 valence electrons. The van der Waals surface area contributed by atoms with Gasteiger partial charge in [0.2, 0.25) is 0 Å². The highest BCUT2D eigenvalue weighted by molar-refractivity contribution is 14.1. The number of rotatable bonds is 3. The number of nitrogens with zero attached hydrogens (tertiary/aromatic N) is 2. The van der Waals surface area contributed by atoms with Crippen molar-refractivity contribution >= 4 is 45.5 Å². The molecule has 1 heterocycles. The highest BCUT2D eigenvalue weighted by atomic mass is 127. The normalized spacial score (nSPS) is 12.3. The highest BCUT2D eigenvalue weighted by Gasteiger charge is 2.16. The molecule has 0 fully saturated rings. The molecule has 0 saturated carbocycles. The van der Waals surface area contributed by atoms with Crippen LogP contribution in [0.4, 0.5) is 0 Å². The molecule has 0 bridgehead atoms. The molecule has 1 atom stereocenters. The van der Waals surface area contributed by atoms with E-state index in [2.05, 4.69) is 44.9 Å². The first-order valence-corrected chi connectivity index (χ1v) is 8.35. The van der Waals surface area contributed by atoms with E-state index in [-0.39, 0.29) is 5.38 Å². The molecular formula is C15H10ClIN2S. The summed E-state index contributed by atoms with van der Waals surface area (Å²) < 4.78 is 1.18. The fourth-order valence-electron chi connectivity index (χ4n) is 1.84. The molecule has 0 aliphatic rings. The van der Waals surface area contributed by atoms with Gasteiger partial charge < -0.3 is 0 Å². The molecule has 3 aromatic rings. The van der Waals surface area contributed by atoms with Crippen LogP contribution in [0.15, 0.2) is 54.6 Å². The minimum atomic E-state index is -0.245. The summed E-state index contributed by atoms with van der Waals surface area (Å²) in [6.07, 6.45) is 0. The third kappa shape index (κ3) is 3.02. The van der Waals surface area contributed by atoms with Crippen LogP contribution in [0.1, 0.15) is 15.9 Å². The molecule has 3 rings (SSSR count). The van der Waals surface area contributed by atoms with E-state index in [1.807, 2.05) is 42.5 Å². The molecule has 2 aromatic carbocycles. The van der Waals surface area contributed by atoms with Crippen LogP contribution in [0.25, 0.3) is 10.6 Å². The van der Waals surface area contributed by atoms with Crippen molar-refractivity contribution in [2.24, 2.45) is 0 Å². The van der Waals surface area contributed by atoms with Gasteiger partial charge in [-0.3, -0.25) is 0 Å². The van der Waals surface area contributed by atoms with Gasteiger partial charge in [0, 0.05) is 9.13 Å². The van der Waals surface area contributed by atoms with Crippen molar-refractivity contribution in [1.82, 2.24) is 10.2 Å². The first-order chi connectivity index (χ1) is 9.74. The van der Waals surface area contributed by atoms with Gasteiger partial charge in [0.25, 0.3) is 0 Å². The lowest BCUT2D eigenvalue weighted by atomic mass is 10.1. The zero-order valence-corrected chi connectivity index (χ0v) is 14.1. The van der Waals surface area contributed by atoms with Crippen LogP contribution in [-0.4, -0.2) is 10.2 Å². The van der Waals surface area contributed by atoms with Crippen LogP contribution in [-0.2, 0) is 0 Å². The zero-order valence-electron chi connectivity index (χ0n) is 10.3. The summed E-state index contributed by atoms with van der Waals surface area (Å²) in [7, 11) is 0. The maximum atomic E-state index is 6.47. The van der Waals surface area contributed by atoms with E-state index in [1.165, 1.54) is 3.57 Å². The topological polar surface area (TPSA) is 25.8 Å². The van der Waals surface area contributed by atoms with Gasteiger partial charge in [0.15, 0.2) is 0 Å². The largest absolute Gasteiger partial charge is 0.147 e. The van der Waals surface area contributed by atoms with Crippen LogP contribution in [0, 0.1) is 3.57 Å². The van der Waals surface area contributed by atoms with Crippen molar-refractivity contribution < 1.29 is 0 Å². The first kappa shape index (κ1) is 14.0. The van der Waals surface area contributed by atoms with Crippen LogP contribution in [0.3, 0.4) is 0 Å². The van der Waals surface area contributed by atoms with E-state index in [4.69, 9.17) is 11.6 Å². The SMILES string of the molecule is ClC(c1ccccc1)c1nnc(-c2cccc(I)c2)s1. The van der Waals surface area contributed by atoms with Gasteiger partial charge in [-0.2, -0.15) is 0 Å². The number of alkyl halides is 1. The standard InChI is InChI=1S/C15H10ClIN2S/c16-13(10-5-2-1-3-6-10)15-19-18-14(20-15)11-7-4-8-12(17)9-11/h1-9,13H. The highest BCUT2D eigenvalue weighted by Crippen LogP contribution is 2.34. The summed E-state index contributed by atoms with van der Waals surface area (Å²) >= 11 is 10.3. The van der Waals surface area contributed by atoms with Crippen molar-refractivity contribution in [3.8, 4) is 10.6 Å². The molecule has 0 amide bonds. The molecule has 5 heteroatoms. The maximum Gasteiger partial charge on any atom is 0.147 e. The average Bonchev–Trinajstić information content (AvgIpc) is 2.97. The smallest absolute Gasteiger partial charge is 0.141 e. The predicted octanol–water partition coefficient (Wildman–Crippen LogP) is 5.14. The summed E-state index contributed by atoms with van der Waals surface area (Å²) in [6.45, 7) is 0. The summed E-state index contributed by atoms with van der Waals surface area (Å²) in [4.78, 5) is 0. The summed E-state index contributed by atoms with van der Waals surface area (Å²) in [5.74, 6) is 0. The first-order valence-electron chi connectivity index (χ1n) is 6.02. The summed E-state index contributed by atoms with van der Waals surface area (Å²) in [6, 6.07) is 18.2. The minimum absolute atomic E-state index is 0.245. The Morgan fingerprint density at radius 1 is 1.00 bits per heavy atom. The molecule has 0 saturated heterocycles. The molecule has 0 spiro atoms. The maximum absolute atomic E-state index is 6.47. The van der Waals surface area contributed by atoms with Gasteiger partial charge in [-0.25, -0.2) is 0 Å². The lowest BCUT2D eigenvalue weighted by Gasteiger charge is -2.04. The molecule has 0 radical (unpaired) electrons. The molecule has 0 N–H and O–H groups in total. The zero-order chi connectivity index (χ0) is 13.9. The van der Waals surface area contributed by atoms with Gasteiger partial charge in [0.05, 0.1) is 0 Å². The van der Waals surface area contributed by atoms with Crippen molar-refractivity contribution in [2.75, 3.05) is 0 Å². The summed E-state index contributed by atoms with van der Waals surface area (Å²) in [5.41, 5.74) is 2.12. The second-order valence-corrected chi connectivity index (χ2v) is 6.92. The van der Waals surface area contributed by atoms with E-state index in [0.29, 0.717) is 0 Å². The van der Waals surface area contributed by atoms with E-state index in [0.717, 1.165) is 21.1 Å². The lowest BCUT2D eigenvalue weighted by Crippen LogP contribution is -1.91. The van der Waals surface area contributed by atoms with Gasteiger partial charge in [-0.15, -0.1) is 21.8 Å². The molecule has 1 aromatic heterocycles. The Balaban J connectivity index is 1.91. The Hall–Kier alpha value is -0.980. The number of halogens is 2. The molecular weight excluding hydrogens is 403 g/mol. The Bertz CT molecular complexity index is 715. The van der Waals surface area contributed by atoms with E-state index >= 15 is 0 Å². The Labute approximate surface area is 140 Å². The lowest BCUT2D eigenvalue weighted by molar-refractivity contribution is 0.988. The van der Waals surface area contributed by atoms with E-state index in [1.54, 1.807) is 11.3 Å². The fourth-order valence-corrected chi connectivity index (χ4v) is 3.55. The van der Waals surface area contributed by atoms with Crippen LogP contribution < -0.4 is 0 Å².